The Morgan fingerprint density at radius 2 is 1.46 bits per heavy atom. The van der Waals surface area contributed by atoms with E-state index in [0.29, 0.717) is 17.9 Å². The van der Waals surface area contributed by atoms with Crippen molar-refractivity contribution in [3.63, 3.8) is 0 Å². The number of carbonyl (C=O) groups excluding carboxylic acids is 1. The summed E-state index contributed by atoms with van der Waals surface area (Å²) in [4.78, 5) is 12.4. The first-order chi connectivity index (χ1) is 13.6. The van der Waals surface area contributed by atoms with Gasteiger partial charge in [0.1, 0.15) is 5.75 Å². The molecule has 4 nitrogen and oxygen atoms in total. The molecule has 0 radical (unpaired) electrons. The maximum Gasteiger partial charge on any atom is 0.257 e. The Morgan fingerprint density at radius 3 is 1.96 bits per heavy atom. The summed E-state index contributed by atoms with van der Waals surface area (Å²) >= 11 is 0. The Bertz CT molecular complexity index is 906. The molecule has 4 heteroatoms. The number of amides is 1. The van der Waals surface area contributed by atoms with E-state index in [0.717, 1.165) is 11.1 Å². The topological polar surface area (TPSA) is 62.1 Å². The van der Waals surface area contributed by atoms with Crippen molar-refractivity contribution in [3.8, 4) is 11.8 Å². The zero-order chi connectivity index (χ0) is 19.8. The predicted molar refractivity (Wildman–Crippen MR) is 109 cm³/mol. The van der Waals surface area contributed by atoms with Crippen LogP contribution in [-0.2, 0) is 10.2 Å². The van der Waals surface area contributed by atoms with Gasteiger partial charge in [-0.1, -0.05) is 60.7 Å². The molecular formula is C24H22N2O2. The number of carbonyl (C=O) groups is 1. The monoisotopic (exact) mass is 370 g/mol. The molecule has 3 aromatic rings. The molecule has 3 rings (SSSR count). The molecule has 0 aliphatic carbocycles. The number of ether oxygens (including phenoxy) is 1. The van der Waals surface area contributed by atoms with Crippen molar-refractivity contribution in [2.75, 3.05) is 13.2 Å². The minimum absolute atomic E-state index is 0.0778. The van der Waals surface area contributed by atoms with Gasteiger partial charge in [0.2, 0.25) is 0 Å². The van der Waals surface area contributed by atoms with Crippen molar-refractivity contribution in [2.24, 2.45) is 0 Å². The van der Waals surface area contributed by atoms with Crippen molar-refractivity contribution in [3.05, 3.63) is 102 Å². The van der Waals surface area contributed by atoms with E-state index in [4.69, 9.17) is 10.00 Å². The zero-order valence-corrected chi connectivity index (χ0v) is 15.8. The van der Waals surface area contributed by atoms with E-state index < -0.39 is 0 Å². The number of rotatable bonds is 7. The Morgan fingerprint density at radius 1 is 0.929 bits per heavy atom. The zero-order valence-electron chi connectivity index (χ0n) is 15.8. The van der Waals surface area contributed by atoms with E-state index in [1.807, 2.05) is 36.4 Å². The Labute approximate surface area is 165 Å². The lowest BCUT2D eigenvalue weighted by Gasteiger charge is -2.31. The molecule has 0 aromatic heterocycles. The van der Waals surface area contributed by atoms with Crippen LogP contribution >= 0.6 is 0 Å². The maximum atomic E-state index is 12.4. The fourth-order valence-electron chi connectivity index (χ4n) is 3.08. The molecule has 0 heterocycles. The van der Waals surface area contributed by atoms with E-state index in [2.05, 4.69) is 42.6 Å². The smallest absolute Gasteiger partial charge is 0.257 e. The van der Waals surface area contributed by atoms with Gasteiger partial charge in [-0.2, -0.15) is 5.26 Å². The summed E-state index contributed by atoms with van der Waals surface area (Å²) < 4.78 is 5.52. The summed E-state index contributed by atoms with van der Waals surface area (Å²) in [6, 6.07) is 29.0. The highest BCUT2D eigenvalue weighted by atomic mass is 16.5. The summed E-state index contributed by atoms with van der Waals surface area (Å²) in [5, 5.41) is 11.8. The Balaban J connectivity index is 1.66. The molecule has 0 aliphatic rings. The molecule has 0 atom stereocenters. The highest BCUT2D eigenvalue weighted by molar-refractivity contribution is 5.77. The molecule has 0 unspecified atom stereocenters. The number of nitriles is 1. The molecule has 0 spiro atoms. The van der Waals surface area contributed by atoms with Gasteiger partial charge in [0.25, 0.3) is 5.91 Å². The van der Waals surface area contributed by atoms with E-state index in [1.165, 1.54) is 0 Å². The summed E-state index contributed by atoms with van der Waals surface area (Å²) in [5.41, 5.74) is 2.47. The molecule has 0 saturated carbocycles. The minimum atomic E-state index is -0.355. The molecule has 0 bridgehead atoms. The maximum absolute atomic E-state index is 12.4. The van der Waals surface area contributed by atoms with Gasteiger partial charge in [0.15, 0.2) is 6.61 Å². The van der Waals surface area contributed by atoms with Crippen LogP contribution in [0.2, 0.25) is 0 Å². The average molecular weight is 370 g/mol. The Kier molecular flexibility index (Phi) is 6.08. The molecule has 0 aliphatic heterocycles. The first kappa shape index (κ1) is 19.2. The lowest BCUT2D eigenvalue weighted by molar-refractivity contribution is -0.123. The average Bonchev–Trinajstić information content (AvgIpc) is 2.77. The van der Waals surface area contributed by atoms with Gasteiger partial charge in [-0.25, -0.2) is 0 Å². The molecule has 1 amide bonds. The molecule has 0 fully saturated rings. The summed E-state index contributed by atoms with van der Waals surface area (Å²) in [6.07, 6.45) is 0. The van der Waals surface area contributed by atoms with Gasteiger partial charge in [-0.05, 0) is 42.3 Å². The highest BCUT2D eigenvalue weighted by Crippen LogP contribution is 2.31. The number of hydrogen-bond donors (Lipinski definition) is 1. The summed E-state index contributed by atoms with van der Waals surface area (Å²) in [7, 11) is 0. The predicted octanol–water partition coefficient (Wildman–Crippen LogP) is 4.06. The summed E-state index contributed by atoms with van der Waals surface area (Å²) in [5.74, 6) is 0.366. The second kappa shape index (κ2) is 8.88. The third-order valence-corrected chi connectivity index (χ3v) is 4.81. The molecular weight excluding hydrogens is 348 g/mol. The van der Waals surface area contributed by atoms with Crippen LogP contribution in [0.5, 0.6) is 5.75 Å². The van der Waals surface area contributed by atoms with Crippen LogP contribution in [0, 0.1) is 11.3 Å². The van der Waals surface area contributed by atoms with E-state index in [-0.39, 0.29) is 17.9 Å². The van der Waals surface area contributed by atoms with Gasteiger partial charge in [0, 0.05) is 12.0 Å². The fourth-order valence-corrected chi connectivity index (χ4v) is 3.08. The van der Waals surface area contributed by atoms with Gasteiger partial charge < -0.3 is 10.1 Å². The Hall–Kier alpha value is -3.58. The second-order valence-electron chi connectivity index (χ2n) is 6.77. The van der Waals surface area contributed by atoms with Crippen LogP contribution in [0.15, 0.2) is 84.9 Å². The molecule has 3 aromatic carbocycles. The quantitative estimate of drug-likeness (QED) is 0.682. The summed E-state index contributed by atoms with van der Waals surface area (Å²) in [6.45, 7) is 2.50. The fraction of sp³-hybridized carbons (Fsp3) is 0.167. The number of benzene rings is 3. The second-order valence-corrected chi connectivity index (χ2v) is 6.77. The SMILES string of the molecule is CC(CNC(=O)COc1ccc(C#N)cc1)(c1ccccc1)c1ccccc1. The van der Waals surface area contributed by atoms with Crippen LogP contribution < -0.4 is 10.1 Å². The van der Waals surface area contributed by atoms with Crippen molar-refractivity contribution < 1.29 is 9.53 Å². The van der Waals surface area contributed by atoms with Gasteiger partial charge >= 0.3 is 0 Å². The largest absolute Gasteiger partial charge is 0.484 e. The van der Waals surface area contributed by atoms with Crippen LogP contribution in [0.25, 0.3) is 0 Å². The number of hydrogen-bond acceptors (Lipinski definition) is 3. The van der Waals surface area contributed by atoms with Crippen LogP contribution in [0.1, 0.15) is 23.6 Å². The molecule has 28 heavy (non-hydrogen) atoms. The van der Waals surface area contributed by atoms with Crippen LogP contribution in [-0.4, -0.2) is 19.1 Å². The van der Waals surface area contributed by atoms with Crippen molar-refractivity contribution in [2.45, 2.75) is 12.3 Å². The number of nitrogens with one attached hydrogen (secondary N) is 1. The third-order valence-electron chi connectivity index (χ3n) is 4.81. The minimum Gasteiger partial charge on any atom is -0.484 e. The van der Waals surface area contributed by atoms with Crippen LogP contribution in [0.3, 0.4) is 0 Å². The normalized spacial score (nSPS) is 10.7. The van der Waals surface area contributed by atoms with Crippen molar-refractivity contribution in [1.82, 2.24) is 5.32 Å². The van der Waals surface area contributed by atoms with Gasteiger partial charge in [-0.15, -0.1) is 0 Å². The lowest BCUT2D eigenvalue weighted by atomic mass is 9.76. The molecule has 140 valence electrons. The third kappa shape index (κ3) is 4.57. The highest BCUT2D eigenvalue weighted by Gasteiger charge is 2.29. The number of nitrogens with zero attached hydrogens (tertiary/aromatic N) is 1. The first-order valence-corrected chi connectivity index (χ1v) is 9.12. The van der Waals surface area contributed by atoms with Gasteiger partial charge in [0.05, 0.1) is 11.6 Å². The molecule has 1 N–H and O–H groups in total. The van der Waals surface area contributed by atoms with Crippen molar-refractivity contribution in [1.29, 1.82) is 5.26 Å². The van der Waals surface area contributed by atoms with Gasteiger partial charge in [-0.3, -0.25) is 4.79 Å². The standard InChI is InChI=1S/C24H22N2O2/c1-24(20-8-4-2-5-9-20,21-10-6-3-7-11-21)18-26-23(27)17-28-22-14-12-19(16-25)13-15-22/h2-15H,17-18H2,1H3,(H,26,27). The van der Waals surface area contributed by atoms with E-state index >= 15 is 0 Å². The van der Waals surface area contributed by atoms with E-state index in [1.54, 1.807) is 24.3 Å². The molecule has 0 saturated heterocycles. The van der Waals surface area contributed by atoms with Crippen LogP contribution in [0.4, 0.5) is 0 Å². The van der Waals surface area contributed by atoms with Crippen molar-refractivity contribution >= 4 is 5.91 Å². The first-order valence-electron chi connectivity index (χ1n) is 9.12. The lowest BCUT2D eigenvalue weighted by Crippen LogP contribution is -2.41. The van der Waals surface area contributed by atoms with E-state index in [9.17, 15) is 4.79 Å².